The number of aromatic nitrogens is 2. The van der Waals surface area contributed by atoms with Gasteiger partial charge in [0.25, 0.3) is 11.9 Å². The number of hydrogen-bond acceptors (Lipinski definition) is 5. The van der Waals surface area contributed by atoms with Crippen molar-refractivity contribution in [2.75, 3.05) is 31.1 Å². The maximum absolute atomic E-state index is 12.7. The Morgan fingerprint density at radius 1 is 1.08 bits per heavy atom. The summed E-state index contributed by atoms with van der Waals surface area (Å²) in [5.41, 5.74) is 3.09. The minimum atomic E-state index is 0.0898. The number of oxazole rings is 1. The molecule has 1 aliphatic heterocycles. The Hall–Kier alpha value is -2.89. The second-order valence-corrected chi connectivity index (χ2v) is 5.92. The zero-order valence-corrected chi connectivity index (χ0v) is 13.5. The van der Waals surface area contributed by atoms with Gasteiger partial charge in [0.05, 0.1) is 0 Å². The van der Waals surface area contributed by atoms with Crippen LogP contribution in [0.3, 0.4) is 0 Å². The lowest BCUT2D eigenvalue weighted by Gasteiger charge is -2.34. The largest absolute Gasteiger partial charge is 0.422 e. The fourth-order valence-corrected chi connectivity index (χ4v) is 2.98. The molecule has 1 aliphatic rings. The number of hydrogen-bond donors (Lipinski definition) is 0. The molecule has 3 aromatic rings. The van der Waals surface area contributed by atoms with Crippen LogP contribution in [0.4, 0.5) is 6.01 Å². The molecule has 0 unspecified atom stereocenters. The minimum Gasteiger partial charge on any atom is -0.422 e. The van der Waals surface area contributed by atoms with Crippen LogP contribution >= 0.6 is 0 Å². The highest BCUT2D eigenvalue weighted by Crippen LogP contribution is 2.22. The van der Waals surface area contributed by atoms with Crippen molar-refractivity contribution >= 4 is 23.2 Å². The molecule has 6 nitrogen and oxygen atoms in total. The van der Waals surface area contributed by atoms with Crippen LogP contribution in [0.25, 0.3) is 11.2 Å². The number of benzene rings is 1. The van der Waals surface area contributed by atoms with E-state index in [4.69, 9.17) is 4.42 Å². The van der Waals surface area contributed by atoms with Crippen LogP contribution < -0.4 is 4.90 Å². The third-order valence-corrected chi connectivity index (χ3v) is 4.37. The van der Waals surface area contributed by atoms with Crippen molar-refractivity contribution < 1.29 is 9.21 Å². The Morgan fingerprint density at radius 3 is 2.62 bits per heavy atom. The Bertz CT molecular complexity index is 848. The molecule has 1 amide bonds. The van der Waals surface area contributed by atoms with Gasteiger partial charge in [-0.2, -0.15) is 4.98 Å². The second kappa shape index (κ2) is 5.96. The third kappa shape index (κ3) is 2.60. The first-order valence-corrected chi connectivity index (χ1v) is 8.04. The summed E-state index contributed by atoms with van der Waals surface area (Å²) in [4.78, 5) is 25.2. The van der Waals surface area contributed by atoms with E-state index in [2.05, 4.69) is 14.9 Å². The van der Waals surface area contributed by atoms with Crippen molar-refractivity contribution in [1.82, 2.24) is 14.9 Å². The molecule has 1 fully saturated rings. The smallest absolute Gasteiger partial charge is 0.300 e. The van der Waals surface area contributed by atoms with Gasteiger partial charge in [-0.15, -0.1) is 0 Å². The number of pyridine rings is 1. The molecule has 1 aromatic carbocycles. The van der Waals surface area contributed by atoms with Gasteiger partial charge in [-0.05, 0) is 30.7 Å². The van der Waals surface area contributed by atoms with E-state index in [1.54, 1.807) is 6.20 Å². The SMILES string of the molecule is Cc1ccccc1C(=O)N1CCN(c2nc3ncccc3o2)CC1. The topological polar surface area (TPSA) is 62.5 Å². The Labute approximate surface area is 139 Å². The number of amides is 1. The summed E-state index contributed by atoms with van der Waals surface area (Å²) in [6.45, 7) is 4.67. The minimum absolute atomic E-state index is 0.0898. The van der Waals surface area contributed by atoms with Crippen LogP contribution in [-0.2, 0) is 0 Å². The fourth-order valence-electron chi connectivity index (χ4n) is 2.98. The monoisotopic (exact) mass is 322 g/mol. The number of fused-ring (bicyclic) bond motifs is 1. The zero-order chi connectivity index (χ0) is 16.5. The molecule has 0 radical (unpaired) electrons. The average Bonchev–Trinajstić information content (AvgIpc) is 3.06. The summed E-state index contributed by atoms with van der Waals surface area (Å²) in [6, 6.07) is 12.0. The molecule has 0 saturated carbocycles. The summed E-state index contributed by atoms with van der Waals surface area (Å²) in [5, 5.41) is 0. The van der Waals surface area contributed by atoms with Gasteiger partial charge < -0.3 is 14.2 Å². The number of carbonyl (C=O) groups excluding carboxylic acids is 1. The molecule has 0 N–H and O–H groups in total. The molecule has 24 heavy (non-hydrogen) atoms. The lowest BCUT2D eigenvalue weighted by molar-refractivity contribution is 0.0744. The first-order valence-electron chi connectivity index (χ1n) is 8.04. The van der Waals surface area contributed by atoms with Crippen molar-refractivity contribution in [2.45, 2.75) is 6.92 Å². The molecule has 2 aromatic heterocycles. The number of aryl methyl sites for hydroxylation is 1. The van der Waals surface area contributed by atoms with Crippen molar-refractivity contribution in [3.05, 3.63) is 53.7 Å². The molecule has 0 aliphatic carbocycles. The van der Waals surface area contributed by atoms with E-state index in [0.29, 0.717) is 43.4 Å². The third-order valence-electron chi connectivity index (χ3n) is 4.37. The van der Waals surface area contributed by atoms with Crippen molar-refractivity contribution in [1.29, 1.82) is 0 Å². The molecular formula is C18H18N4O2. The highest BCUT2D eigenvalue weighted by Gasteiger charge is 2.25. The molecule has 0 bridgehead atoms. The van der Waals surface area contributed by atoms with E-state index >= 15 is 0 Å². The molecule has 122 valence electrons. The lowest BCUT2D eigenvalue weighted by Crippen LogP contribution is -2.49. The lowest BCUT2D eigenvalue weighted by atomic mass is 10.1. The van der Waals surface area contributed by atoms with E-state index in [0.717, 1.165) is 11.1 Å². The number of carbonyl (C=O) groups is 1. The number of anilines is 1. The summed E-state index contributed by atoms with van der Waals surface area (Å²) in [5.74, 6) is 0.0898. The molecular weight excluding hydrogens is 304 g/mol. The summed E-state index contributed by atoms with van der Waals surface area (Å²) >= 11 is 0. The first-order chi connectivity index (χ1) is 11.7. The number of rotatable bonds is 2. The Kier molecular flexibility index (Phi) is 3.65. The van der Waals surface area contributed by atoms with Crippen molar-refractivity contribution in [3.8, 4) is 0 Å². The number of nitrogens with zero attached hydrogens (tertiary/aromatic N) is 4. The Morgan fingerprint density at radius 2 is 1.88 bits per heavy atom. The van der Waals surface area contributed by atoms with Crippen LogP contribution in [-0.4, -0.2) is 47.0 Å². The first kappa shape index (κ1) is 14.7. The fraction of sp³-hybridized carbons (Fsp3) is 0.278. The molecule has 3 heterocycles. The van der Waals surface area contributed by atoms with Gasteiger partial charge in [0, 0.05) is 37.9 Å². The van der Waals surface area contributed by atoms with Crippen LogP contribution in [0.2, 0.25) is 0 Å². The molecule has 0 atom stereocenters. The standard InChI is InChI=1S/C18H18N4O2/c1-13-5-2-3-6-14(13)17(23)21-9-11-22(12-10-21)18-20-16-15(24-18)7-4-8-19-16/h2-8H,9-12H2,1H3. The normalized spacial score (nSPS) is 15.0. The van der Waals surface area contributed by atoms with E-state index in [-0.39, 0.29) is 5.91 Å². The maximum Gasteiger partial charge on any atom is 0.300 e. The summed E-state index contributed by atoms with van der Waals surface area (Å²) < 4.78 is 5.76. The molecule has 1 saturated heterocycles. The van der Waals surface area contributed by atoms with Gasteiger partial charge in [0.1, 0.15) is 0 Å². The zero-order valence-electron chi connectivity index (χ0n) is 13.5. The highest BCUT2D eigenvalue weighted by atomic mass is 16.4. The van der Waals surface area contributed by atoms with Crippen molar-refractivity contribution in [2.24, 2.45) is 0 Å². The molecule has 0 spiro atoms. The van der Waals surface area contributed by atoms with Crippen LogP contribution in [0.1, 0.15) is 15.9 Å². The van der Waals surface area contributed by atoms with Crippen LogP contribution in [0.15, 0.2) is 47.0 Å². The number of piperazine rings is 1. The van der Waals surface area contributed by atoms with Crippen LogP contribution in [0, 0.1) is 6.92 Å². The van der Waals surface area contributed by atoms with Gasteiger partial charge >= 0.3 is 0 Å². The van der Waals surface area contributed by atoms with E-state index in [1.165, 1.54) is 0 Å². The average molecular weight is 322 g/mol. The molecule has 4 rings (SSSR count). The summed E-state index contributed by atoms with van der Waals surface area (Å²) in [7, 11) is 0. The van der Waals surface area contributed by atoms with Gasteiger partial charge in [-0.3, -0.25) is 4.79 Å². The predicted molar refractivity (Wildman–Crippen MR) is 91.1 cm³/mol. The van der Waals surface area contributed by atoms with Gasteiger partial charge in [-0.25, -0.2) is 4.98 Å². The predicted octanol–water partition coefficient (Wildman–Crippen LogP) is 2.49. The maximum atomic E-state index is 12.7. The Balaban J connectivity index is 1.47. The van der Waals surface area contributed by atoms with Gasteiger partial charge in [0.15, 0.2) is 5.58 Å². The van der Waals surface area contributed by atoms with Gasteiger partial charge in [-0.1, -0.05) is 18.2 Å². The van der Waals surface area contributed by atoms with Gasteiger partial charge in [0.2, 0.25) is 5.65 Å². The molecule has 6 heteroatoms. The van der Waals surface area contributed by atoms with Crippen LogP contribution in [0.5, 0.6) is 0 Å². The summed E-state index contributed by atoms with van der Waals surface area (Å²) in [6.07, 6.45) is 1.70. The van der Waals surface area contributed by atoms with E-state index in [9.17, 15) is 4.79 Å². The van der Waals surface area contributed by atoms with E-state index in [1.807, 2.05) is 48.2 Å². The van der Waals surface area contributed by atoms with Crippen molar-refractivity contribution in [3.63, 3.8) is 0 Å². The highest BCUT2D eigenvalue weighted by molar-refractivity contribution is 5.95. The second-order valence-electron chi connectivity index (χ2n) is 5.92. The quantitative estimate of drug-likeness (QED) is 0.725. The van der Waals surface area contributed by atoms with E-state index < -0.39 is 0 Å².